The van der Waals surface area contributed by atoms with Crippen molar-refractivity contribution < 1.29 is 37.1 Å². The van der Waals surface area contributed by atoms with E-state index in [-0.39, 0.29) is 31.4 Å². The largest absolute Gasteiger partial charge is 0.500 e. The third-order valence-electron chi connectivity index (χ3n) is 8.65. The number of carbonyl (C=O) groups excluding carboxylic acids is 3. The Morgan fingerprint density at radius 1 is 0.889 bits per heavy atom. The number of ether oxygens (including phenoxy) is 2. The zero-order chi connectivity index (χ0) is 32.8. The Hall–Kier alpha value is -1.91. The normalized spacial score (nSPS) is 25.4. The molecule has 3 amide bonds. The molecule has 3 aliphatic heterocycles. The number of nitrogens with two attached hydrogens (primary N) is 1. The second-order valence-corrected chi connectivity index (χ2v) is 14.7. The highest BCUT2D eigenvalue weighted by Crippen LogP contribution is 2.58. The van der Waals surface area contributed by atoms with Gasteiger partial charge in [-0.1, -0.05) is 12.2 Å². The van der Waals surface area contributed by atoms with Gasteiger partial charge in [-0.25, -0.2) is 4.79 Å². The van der Waals surface area contributed by atoms with E-state index in [1.165, 1.54) is 4.90 Å². The molecule has 4 atom stereocenters. The van der Waals surface area contributed by atoms with Gasteiger partial charge in [-0.15, -0.1) is 0 Å². The van der Waals surface area contributed by atoms with Gasteiger partial charge >= 0.3 is 14.9 Å². The average molecular weight is 656 g/mol. The minimum Gasteiger partial charge on any atom is -0.449 e. The maximum absolute atomic E-state index is 13.7. The van der Waals surface area contributed by atoms with Crippen molar-refractivity contribution in [3.05, 3.63) is 12.2 Å². The molecular weight excluding hydrogens is 598 g/mol. The van der Waals surface area contributed by atoms with E-state index in [4.69, 9.17) is 28.5 Å². The highest BCUT2D eigenvalue weighted by molar-refractivity contribution is 6.60. The topological polar surface area (TPSA) is 163 Å². The molecule has 0 spiro atoms. The van der Waals surface area contributed by atoms with E-state index in [0.717, 1.165) is 58.4 Å². The number of unbranched alkanes of at least 4 members (excludes halogenated alkanes) is 1. The van der Waals surface area contributed by atoms with Gasteiger partial charge in [0.2, 0.25) is 11.8 Å². The number of amides is 3. The van der Waals surface area contributed by atoms with Crippen LogP contribution in [0.2, 0.25) is 6.04 Å². The zero-order valence-electron chi connectivity index (χ0n) is 27.8. The maximum atomic E-state index is 13.7. The Morgan fingerprint density at radius 2 is 1.49 bits per heavy atom. The zero-order valence-corrected chi connectivity index (χ0v) is 28.8. The summed E-state index contributed by atoms with van der Waals surface area (Å²) in [4.78, 5) is 40.9. The second kappa shape index (κ2) is 18.4. The van der Waals surface area contributed by atoms with Crippen molar-refractivity contribution in [2.24, 2.45) is 17.6 Å². The van der Waals surface area contributed by atoms with Crippen molar-refractivity contribution in [2.75, 3.05) is 72.2 Å². The quantitative estimate of drug-likeness (QED) is 0.0492. The Kier molecular flexibility index (Phi) is 15.4. The second-order valence-electron chi connectivity index (χ2n) is 12.0. The summed E-state index contributed by atoms with van der Waals surface area (Å²) in [5.41, 5.74) is 3.63. The summed E-state index contributed by atoms with van der Waals surface area (Å²) in [6.45, 7) is 14.2. The molecule has 0 aromatic rings. The van der Waals surface area contributed by atoms with E-state index in [9.17, 15) is 14.4 Å². The summed E-state index contributed by atoms with van der Waals surface area (Å²) in [5, 5.41) is 9.54. The molecule has 3 aliphatic rings. The van der Waals surface area contributed by atoms with E-state index in [2.05, 4.69) is 16.0 Å². The van der Waals surface area contributed by atoms with Crippen molar-refractivity contribution in [3.8, 4) is 0 Å². The molecule has 2 fully saturated rings. The average Bonchev–Trinajstić information content (AvgIpc) is 3.58. The van der Waals surface area contributed by atoms with Crippen LogP contribution in [0.3, 0.4) is 0 Å². The predicted molar refractivity (Wildman–Crippen MR) is 172 cm³/mol. The summed E-state index contributed by atoms with van der Waals surface area (Å²) < 4.78 is 29.6. The lowest BCUT2D eigenvalue weighted by Gasteiger charge is -2.30. The molecule has 14 heteroatoms. The number of rotatable bonds is 25. The number of fused-ring (bicyclic) bond motifs is 5. The Bertz CT molecular complexity index is 973. The third-order valence-corrected chi connectivity index (χ3v) is 11.8. The van der Waals surface area contributed by atoms with Crippen molar-refractivity contribution in [1.82, 2.24) is 20.9 Å². The van der Waals surface area contributed by atoms with Gasteiger partial charge in [0.1, 0.15) is 5.60 Å². The first kappa shape index (κ1) is 37.5. The molecule has 13 nitrogen and oxygen atoms in total. The molecule has 2 saturated heterocycles. The van der Waals surface area contributed by atoms with E-state index >= 15 is 0 Å². The first-order valence-corrected chi connectivity index (χ1v) is 18.8. The Morgan fingerprint density at radius 3 is 2.11 bits per heavy atom. The lowest BCUT2D eigenvalue weighted by atomic mass is 9.71. The Balaban J connectivity index is 1.40. The number of imide groups is 1. The van der Waals surface area contributed by atoms with Crippen LogP contribution in [0.15, 0.2) is 12.2 Å². The third kappa shape index (κ3) is 9.80. The fourth-order valence-electron chi connectivity index (χ4n) is 6.62. The SMILES string of the molecule is CCO[Si](CCCN1C(=O)C2C(C1=O)C1(CCOC(=O)NCCCNCCCCNCCCN)C=CC2(C)O1)(OCC)OCC. The van der Waals surface area contributed by atoms with Crippen molar-refractivity contribution in [3.63, 3.8) is 0 Å². The van der Waals surface area contributed by atoms with Gasteiger partial charge in [-0.2, -0.15) is 0 Å². The number of alkyl carbamates (subject to hydrolysis) is 1. The minimum atomic E-state index is -2.89. The number of hydrogen-bond donors (Lipinski definition) is 4. The molecule has 258 valence electrons. The summed E-state index contributed by atoms with van der Waals surface area (Å²) >= 11 is 0. The van der Waals surface area contributed by atoms with Gasteiger partial charge in [0.05, 0.1) is 24.0 Å². The molecule has 45 heavy (non-hydrogen) atoms. The number of likely N-dealkylation sites (tertiary alicyclic amines) is 1. The van der Waals surface area contributed by atoms with Crippen LogP contribution in [0.1, 0.15) is 66.2 Å². The molecule has 5 N–H and O–H groups in total. The lowest BCUT2D eigenvalue weighted by molar-refractivity contribution is -0.147. The van der Waals surface area contributed by atoms with Crippen LogP contribution in [-0.4, -0.2) is 115 Å². The van der Waals surface area contributed by atoms with Crippen molar-refractivity contribution >= 4 is 26.7 Å². The highest BCUT2D eigenvalue weighted by Gasteiger charge is 2.71. The first-order chi connectivity index (χ1) is 21.7. The summed E-state index contributed by atoms with van der Waals surface area (Å²) in [5.74, 6) is -1.71. The van der Waals surface area contributed by atoms with E-state index in [1.807, 2.05) is 39.8 Å². The van der Waals surface area contributed by atoms with Gasteiger partial charge in [0.15, 0.2) is 0 Å². The number of nitrogens with zero attached hydrogens (tertiary/aromatic N) is 1. The van der Waals surface area contributed by atoms with Gasteiger partial charge in [0.25, 0.3) is 0 Å². The minimum absolute atomic E-state index is 0.0691. The maximum Gasteiger partial charge on any atom is 0.500 e. The molecule has 0 aromatic carbocycles. The van der Waals surface area contributed by atoms with Gasteiger partial charge in [-0.05, 0) is 92.5 Å². The summed E-state index contributed by atoms with van der Waals surface area (Å²) in [7, 11) is -2.89. The van der Waals surface area contributed by atoms with Crippen LogP contribution in [0.25, 0.3) is 0 Å². The molecular formula is C31H57N5O8Si. The summed E-state index contributed by atoms with van der Waals surface area (Å²) in [6, 6.07) is 0.513. The monoisotopic (exact) mass is 655 g/mol. The van der Waals surface area contributed by atoms with Gasteiger partial charge < -0.3 is 44.4 Å². The summed E-state index contributed by atoms with van der Waals surface area (Å²) in [6.07, 6.45) is 8.06. The van der Waals surface area contributed by atoms with Crippen LogP contribution in [0.4, 0.5) is 4.79 Å². The smallest absolute Gasteiger partial charge is 0.449 e. The molecule has 0 saturated carbocycles. The number of hydrogen-bond acceptors (Lipinski definition) is 11. The van der Waals surface area contributed by atoms with E-state index < -0.39 is 37.9 Å². The number of carbonyl (C=O) groups is 3. The van der Waals surface area contributed by atoms with Crippen molar-refractivity contribution in [1.29, 1.82) is 0 Å². The van der Waals surface area contributed by atoms with Crippen LogP contribution >= 0.6 is 0 Å². The predicted octanol–water partition coefficient (Wildman–Crippen LogP) is 1.94. The molecule has 0 radical (unpaired) electrons. The first-order valence-electron chi connectivity index (χ1n) is 16.9. The molecule has 0 aliphatic carbocycles. The molecule has 2 bridgehead atoms. The molecule has 4 unspecified atom stereocenters. The van der Waals surface area contributed by atoms with Gasteiger partial charge in [-0.3, -0.25) is 14.5 Å². The standard InChI is InChI=1S/C31H57N5O8Si/c1-5-41-45(42-6-2,43-7-3)24-12-22-36-27(37)25-26(28(36)38)31(14-13-30(25,4)44-31)15-23-40-29(39)35-21-11-20-34-18-9-8-17-33-19-10-16-32/h13-14,25-26,33-34H,5-12,15-24,32H2,1-4H3,(H,35,39). The lowest BCUT2D eigenvalue weighted by Crippen LogP contribution is -2.47. The van der Waals surface area contributed by atoms with Crippen LogP contribution in [-0.2, 0) is 32.3 Å². The number of nitrogens with one attached hydrogen (secondary N) is 3. The Labute approximate surface area is 270 Å². The van der Waals surface area contributed by atoms with E-state index in [1.54, 1.807) is 0 Å². The van der Waals surface area contributed by atoms with Crippen molar-refractivity contribution in [2.45, 2.75) is 83.5 Å². The van der Waals surface area contributed by atoms with Gasteiger partial charge in [0, 0.05) is 45.4 Å². The molecule has 0 aromatic heterocycles. The van der Waals surface area contributed by atoms with Crippen LogP contribution in [0, 0.1) is 11.8 Å². The fourth-order valence-corrected chi connectivity index (χ4v) is 9.21. The van der Waals surface area contributed by atoms with E-state index in [0.29, 0.717) is 38.8 Å². The fraction of sp³-hybridized carbons (Fsp3) is 0.839. The molecule has 3 heterocycles. The van der Waals surface area contributed by atoms with Crippen LogP contribution in [0.5, 0.6) is 0 Å². The van der Waals surface area contributed by atoms with Crippen LogP contribution < -0.4 is 21.7 Å². The molecule has 3 rings (SSSR count). The highest BCUT2D eigenvalue weighted by atomic mass is 28.4.